The van der Waals surface area contributed by atoms with Crippen LogP contribution in [0.4, 0.5) is 0 Å². The zero-order valence-electron chi connectivity index (χ0n) is 18.5. The minimum absolute atomic E-state index is 0.0763. The number of benzene rings is 3. The molecule has 0 unspecified atom stereocenters. The number of carbonyl (C=O) groups excluding carboxylic acids is 1. The van der Waals surface area contributed by atoms with Gasteiger partial charge in [-0.25, -0.2) is 10.8 Å². The number of aliphatic hydroxyl groups is 1. The van der Waals surface area contributed by atoms with Crippen LogP contribution in [0.2, 0.25) is 0 Å². The molecule has 2 atom stereocenters. The van der Waals surface area contributed by atoms with Gasteiger partial charge in [-0.1, -0.05) is 58.4 Å². The predicted molar refractivity (Wildman–Crippen MR) is 133 cm³/mol. The molecule has 0 bridgehead atoms. The molecule has 0 aromatic heterocycles. The van der Waals surface area contributed by atoms with Gasteiger partial charge < -0.3 is 14.6 Å². The van der Waals surface area contributed by atoms with E-state index in [1.165, 1.54) is 0 Å². The van der Waals surface area contributed by atoms with Crippen molar-refractivity contribution >= 4 is 27.7 Å². The van der Waals surface area contributed by atoms with Crippen molar-refractivity contribution in [2.24, 2.45) is 10.8 Å². The van der Waals surface area contributed by atoms with Crippen molar-refractivity contribution in [3.05, 3.63) is 100 Å². The Kier molecular flexibility index (Phi) is 7.62. The first-order valence-corrected chi connectivity index (χ1v) is 11.8. The van der Waals surface area contributed by atoms with E-state index in [2.05, 4.69) is 21.4 Å². The Morgan fingerprint density at radius 2 is 1.79 bits per heavy atom. The fourth-order valence-corrected chi connectivity index (χ4v) is 4.22. The first-order valence-electron chi connectivity index (χ1n) is 11.0. The Labute approximate surface area is 206 Å². The molecule has 0 spiro atoms. The summed E-state index contributed by atoms with van der Waals surface area (Å²) in [5.74, 6) is 6.26. The number of aliphatic hydroxyl groups excluding tert-OH is 1. The molecule has 1 amide bonds. The molecule has 8 heteroatoms. The maximum absolute atomic E-state index is 13.3. The highest BCUT2D eigenvalue weighted by atomic mass is 79.9. The number of rotatable bonds is 9. The van der Waals surface area contributed by atoms with E-state index < -0.39 is 17.6 Å². The third-order valence-electron chi connectivity index (χ3n) is 5.65. The van der Waals surface area contributed by atoms with Crippen molar-refractivity contribution in [2.75, 3.05) is 13.2 Å². The Hall–Kier alpha value is -3.20. The lowest BCUT2D eigenvalue weighted by molar-refractivity contribution is -0.129. The average molecular weight is 524 g/mol. The van der Waals surface area contributed by atoms with Crippen LogP contribution in [0.5, 0.6) is 5.75 Å². The van der Waals surface area contributed by atoms with Crippen molar-refractivity contribution in [2.45, 2.75) is 24.5 Å². The lowest BCUT2D eigenvalue weighted by Crippen LogP contribution is -2.52. The standard InChI is InChI=1S/C26H26BrN3O4/c27-21-11-7-19(8-12-21)23-26(25(32)30-28,17-18-5-2-1-3-6-18)29-24(34-23)20-9-13-22(14-10-20)33-16-4-15-31/h1-3,5-14,23,31H,4,15-17,28H2,(H,30,32)/t23-,26-/m0/s1. The molecule has 0 fully saturated rings. The van der Waals surface area contributed by atoms with Crippen LogP contribution in [-0.4, -0.2) is 35.7 Å². The van der Waals surface area contributed by atoms with Crippen LogP contribution in [-0.2, 0) is 16.0 Å². The number of carbonyl (C=O) groups is 1. The SMILES string of the molecule is NNC(=O)[C@@]1(Cc2ccccc2)N=C(c2ccc(OCCCO)cc2)O[C@H]1c1ccc(Br)cc1. The van der Waals surface area contributed by atoms with Crippen LogP contribution in [0, 0.1) is 0 Å². The number of hydrazine groups is 1. The van der Waals surface area contributed by atoms with Crippen LogP contribution in [0.1, 0.15) is 29.2 Å². The molecular weight excluding hydrogens is 498 g/mol. The zero-order valence-corrected chi connectivity index (χ0v) is 20.1. The summed E-state index contributed by atoms with van der Waals surface area (Å²) < 4.78 is 12.9. The van der Waals surface area contributed by atoms with Gasteiger partial charge in [0.1, 0.15) is 5.75 Å². The highest BCUT2D eigenvalue weighted by molar-refractivity contribution is 9.10. The maximum Gasteiger partial charge on any atom is 0.266 e. The normalized spacial score (nSPS) is 19.3. The van der Waals surface area contributed by atoms with E-state index >= 15 is 0 Å². The number of nitrogens with one attached hydrogen (secondary N) is 1. The summed E-state index contributed by atoms with van der Waals surface area (Å²) in [7, 11) is 0. The summed E-state index contributed by atoms with van der Waals surface area (Å²) in [5.41, 5.74) is 3.49. The van der Waals surface area contributed by atoms with E-state index in [-0.39, 0.29) is 6.61 Å². The summed E-state index contributed by atoms with van der Waals surface area (Å²) in [6, 6.07) is 24.6. The molecule has 1 heterocycles. The Morgan fingerprint density at radius 3 is 2.44 bits per heavy atom. The van der Waals surface area contributed by atoms with Crippen LogP contribution in [0.15, 0.2) is 88.3 Å². The van der Waals surface area contributed by atoms with Gasteiger partial charge in [-0.05, 0) is 47.5 Å². The number of ether oxygens (including phenoxy) is 2. The van der Waals surface area contributed by atoms with E-state index in [0.717, 1.165) is 21.2 Å². The number of hydrogen-bond donors (Lipinski definition) is 3. The Balaban J connectivity index is 1.73. The largest absolute Gasteiger partial charge is 0.494 e. The van der Waals surface area contributed by atoms with Gasteiger partial charge in [0.2, 0.25) is 5.90 Å². The second kappa shape index (κ2) is 10.8. The second-order valence-corrected chi connectivity index (χ2v) is 8.89. The van der Waals surface area contributed by atoms with E-state index in [1.807, 2.05) is 78.9 Å². The number of nitrogens with two attached hydrogens (primary N) is 1. The molecule has 0 saturated heterocycles. The zero-order chi connectivity index (χ0) is 24.0. The minimum atomic E-state index is -1.30. The molecule has 176 valence electrons. The molecule has 1 aliphatic rings. The fourth-order valence-electron chi connectivity index (χ4n) is 3.95. The van der Waals surface area contributed by atoms with Gasteiger partial charge in [-0.3, -0.25) is 10.2 Å². The summed E-state index contributed by atoms with van der Waals surface area (Å²) in [4.78, 5) is 18.2. The molecule has 3 aromatic rings. The van der Waals surface area contributed by atoms with Crippen molar-refractivity contribution in [1.29, 1.82) is 0 Å². The maximum atomic E-state index is 13.3. The topological polar surface area (TPSA) is 106 Å². The predicted octanol–water partition coefficient (Wildman–Crippen LogP) is 3.70. The summed E-state index contributed by atoms with van der Waals surface area (Å²) >= 11 is 3.46. The molecule has 0 aliphatic carbocycles. The molecule has 0 radical (unpaired) electrons. The fraction of sp³-hybridized carbons (Fsp3) is 0.231. The molecule has 34 heavy (non-hydrogen) atoms. The van der Waals surface area contributed by atoms with Crippen LogP contribution >= 0.6 is 15.9 Å². The van der Waals surface area contributed by atoms with Gasteiger partial charge in [0, 0.05) is 29.5 Å². The van der Waals surface area contributed by atoms with Crippen molar-refractivity contribution in [1.82, 2.24) is 5.43 Å². The first kappa shape index (κ1) is 23.9. The Morgan fingerprint density at radius 1 is 1.09 bits per heavy atom. The molecular formula is C26H26BrN3O4. The van der Waals surface area contributed by atoms with Gasteiger partial charge in [0.15, 0.2) is 11.6 Å². The first-order chi connectivity index (χ1) is 16.6. The quantitative estimate of drug-likeness (QED) is 0.171. The molecule has 4 rings (SSSR count). The lowest BCUT2D eigenvalue weighted by Gasteiger charge is -2.30. The van der Waals surface area contributed by atoms with Crippen LogP contribution in [0.25, 0.3) is 0 Å². The van der Waals surface area contributed by atoms with Crippen molar-refractivity contribution < 1.29 is 19.4 Å². The van der Waals surface area contributed by atoms with Gasteiger partial charge in [-0.2, -0.15) is 0 Å². The van der Waals surface area contributed by atoms with Gasteiger partial charge in [0.25, 0.3) is 5.91 Å². The van der Waals surface area contributed by atoms with E-state index in [1.54, 1.807) is 0 Å². The molecule has 0 saturated carbocycles. The second-order valence-electron chi connectivity index (χ2n) is 7.98. The van der Waals surface area contributed by atoms with E-state index in [0.29, 0.717) is 31.1 Å². The number of amides is 1. The molecule has 7 nitrogen and oxygen atoms in total. The van der Waals surface area contributed by atoms with Gasteiger partial charge >= 0.3 is 0 Å². The molecule has 3 aromatic carbocycles. The highest BCUT2D eigenvalue weighted by Crippen LogP contribution is 2.42. The summed E-state index contributed by atoms with van der Waals surface area (Å²) in [6.07, 6.45) is 0.186. The van der Waals surface area contributed by atoms with E-state index in [4.69, 9.17) is 25.4 Å². The smallest absolute Gasteiger partial charge is 0.266 e. The number of hydrogen-bond acceptors (Lipinski definition) is 6. The third-order valence-corrected chi connectivity index (χ3v) is 6.18. The van der Waals surface area contributed by atoms with Gasteiger partial charge in [0.05, 0.1) is 6.61 Å². The van der Waals surface area contributed by atoms with Gasteiger partial charge in [-0.15, -0.1) is 0 Å². The van der Waals surface area contributed by atoms with Crippen molar-refractivity contribution in [3.63, 3.8) is 0 Å². The van der Waals surface area contributed by atoms with Crippen LogP contribution in [0.3, 0.4) is 0 Å². The average Bonchev–Trinajstić information content (AvgIpc) is 3.25. The lowest BCUT2D eigenvalue weighted by atomic mass is 9.82. The monoisotopic (exact) mass is 523 g/mol. The molecule has 4 N–H and O–H groups in total. The minimum Gasteiger partial charge on any atom is -0.494 e. The Bertz CT molecular complexity index is 1140. The number of aliphatic imine (C=N–C) groups is 1. The molecule has 1 aliphatic heterocycles. The number of nitrogens with zero attached hydrogens (tertiary/aromatic N) is 1. The summed E-state index contributed by atoms with van der Waals surface area (Å²) in [6.45, 7) is 0.503. The van der Waals surface area contributed by atoms with Crippen LogP contribution < -0.4 is 16.0 Å². The summed E-state index contributed by atoms with van der Waals surface area (Å²) in [5, 5.41) is 8.93. The highest BCUT2D eigenvalue weighted by Gasteiger charge is 2.53. The van der Waals surface area contributed by atoms with E-state index in [9.17, 15) is 4.79 Å². The number of halogens is 1. The van der Waals surface area contributed by atoms with Crippen molar-refractivity contribution in [3.8, 4) is 5.75 Å². The third kappa shape index (κ3) is 5.14.